The SMILES string of the molecule is CC(CCC(C)N1CCCCN1)N1CCCCC1. The Morgan fingerprint density at radius 2 is 1.50 bits per heavy atom. The molecule has 3 nitrogen and oxygen atoms in total. The maximum Gasteiger partial charge on any atom is 0.0215 e. The van der Waals surface area contributed by atoms with Gasteiger partial charge in [0.1, 0.15) is 0 Å². The molecule has 0 aliphatic carbocycles. The van der Waals surface area contributed by atoms with Gasteiger partial charge >= 0.3 is 0 Å². The third-order valence-electron chi connectivity index (χ3n) is 4.69. The van der Waals surface area contributed by atoms with Gasteiger partial charge in [0.05, 0.1) is 0 Å². The smallest absolute Gasteiger partial charge is 0.0215 e. The Kier molecular flexibility index (Phi) is 5.93. The second-order valence-corrected chi connectivity index (χ2v) is 6.18. The molecule has 2 rings (SSSR count). The van der Waals surface area contributed by atoms with E-state index in [1.807, 2.05) is 0 Å². The van der Waals surface area contributed by atoms with E-state index in [2.05, 4.69) is 29.2 Å². The highest BCUT2D eigenvalue weighted by Crippen LogP contribution is 2.17. The summed E-state index contributed by atoms with van der Waals surface area (Å²) in [6.45, 7) is 9.86. The topological polar surface area (TPSA) is 18.5 Å². The number of nitrogens with zero attached hydrogens (tertiary/aromatic N) is 2. The molecule has 2 unspecified atom stereocenters. The number of hydrogen-bond acceptors (Lipinski definition) is 3. The van der Waals surface area contributed by atoms with Crippen molar-refractivity contribution < 1.29 is 0 Å². The summed E-state index contributed by atoms with van der Waals surface area (Å²) in [5.41, 5.74) is 3.54. The largest absolute Gasteiger partial charge is 0.301 e. The molecule has 0 amide bonds. The Balaban J connectivity index is 1.66. The van der Waals surface area contributed by atoms with Crippen molar-refractivity contribution in [3.05, 3.63) is 0 Å². The van der Waals surface area contributed by atoms with E-state index < -0.39 is 0 Å². The molecule has 0 saturated carbocycles. The monoisotopic (exact) mass is 253 g/mol. The first kappa shape index (κ1) is 14.3. The molecule has 1 N–H and O–H groups in total. The number of rotatable bonds is 5. The molecule has 0 spiro atoms. The van der Waals surface area contributed by atoms with Crippen molar-refractivity contribution in [2.24, 2.45) is 0 Å². The zero-order valence-electron chi connectivity index (χ0n) is 12.3. The second-order valence-electron chi connectivity index (χ2n) is 6.18. The molecule has 0 bridgehead atoms. The van der Waals surface area contributed by atoms with Gasteiger partial charge < -0.3 is 4.90 Å². The van der Waals surface area contributed by atoms with Crippen molar-refractivity contribution in [1.29, 1.82) is 0 Å². The number of piperidine rings is 1. The minimum absolute atomic E-state index is 0.692. The third kappa shape index (κ3) is 4.22. The van der Waals surface area contributed by atoms with E-state index in [0.29, 0.717) is 6.04 Å². The first-order valence-corrected chi connectivity index (χ1v) is 8.01. The third-order valence-corrected chi connectivity index (χ3v) is 4.69. The van der Waals surface area contributed by atoms with Gasteiger partial charge in [-0.2, -0.15) is 0 Å². The zero-order valence-corrected chi connectivity index (χ0v) is 12.3. The van der Waals surface area contributed by atoms with Crippen LogP contribution in [0.5, 0.6) is 0 Å². The summed E-state index contributed by atoms with van der Waals surface area (Å²) in [5.74, 6) is 0. The molecule has 2 saturated heterocycles. The fourth-order valence-electron chi connectivity index (χ4n) is 3.27. The van der Waals surface area contributed by atoms with Gasteiger partial charge in [0.25, 0.3) is 0 Å². The van der Waals surface area contributed by atoms with Crippen molar-refractivity contribution >= 4 is 0 Å². The summed E-state index contributed by atoms with van der Waals surface area (Å²) in [4.78, 5) is 2.69. The zero-order chi connectivity index (χ0) is 12.8. The highest BCUT2D eigenvalue weighted by atomic mass is 15.5. The molecular formula is C15H31N3. The van der Waals surface area contributed by atoms with E-state index in [-0.39, 0.29) is 0 Å². The van der Waals surface area contributed by atoms with Crippen molar-refractivity contribution in [3.8, 4) is 0 Å². The van der Waals surface area contributed by atoms with Crippen LogP contribution in [0.4, 0.5) is 0 Å². The first-order chi connectivity index (χ1) is 8.77. The van der Waals surface area contributed by atoms with Gasteiger partial charge in [-0.1, -0.05) is 6.42 Å². The van der Waals surface area contributed by atoms with E-state index in [1.54, 1.807) is 0 Å². The van der Waals surface area contributed by atoms with Gasteiger partial charge in [0.2, 0.25) is 0 Å². The molecule has 0 aromatic carbocycles. The number of hydrazine groups is 1. The lowest BCUT2D eigenvalue weighted by atomic mass is 10.0. The van der Waals surface area contributed by atoms with Gasteiger partial charge in [-0.25, -0.2) is 5.01 Å². The Morgan fingerprint density at radius 1 is 0.833 bits per heavy atom. The van der Waals surface area contributed by atoms with Gasteiger partial charge in [-0.05, 0) is 65.5 Å². The highest BCUT2D eigenvalue weighted by Gasteiger charge is 2.20. The minimum Gasteiger partial charge on any atom is -0.301 e. The fraction of sp³-hybridized carbons (Fsp3) is 1.00. The average Bonchev–Trinajstić information content (AvgIpc) is 2.46. The quantitative estimate of drug-likeness (QED) is 0.812. The van der Waals surface area contributed by atoms with Crippen LogP contribution < -0.4 is 5.43 Å². The molecule has 0 aromatic heterocycles. The normalized spacial score (nSPS) is 27.0. The predicted molar refractivity (Wildman–Crippen MR) is 77.5 cm³/mol. The summed E-state index contributed by atoms with van der Waals surface area (Å²) in [7, 11) is 0. The van der Waals surface area contributed by atoms with Crippen LogP contribution in [0, 0.1) is 0 Å². The summed E-state index contributed by atoms with van der Waals surface area (Å²) in [5, 5.41) is 2.46. The fourth-order valence-corrected chi connectivity index (χ4v) is 3.27. The van der Waals surface area contributed by atoms with Gasteiger partial charge in [0, 0.05) is 25.2 Å². The van der Waals surface area contributed by atoms with Gasteiger partial charge in [-0.15, -0.1) is 0 Å². The minimum atomic E-state index is 0.692. The van der Waals surface area contributed by atoms with Crippen LogP contribution >= 0.6 is 0 Å². The van der Waals surface area contributed by atoms with Crippen LogP contribution in [-0.4, -0.2) is 48.2 Å². The first-order valence-electron chi connectivity index (χ1n) is 8.01. The van der Waals surface area contributed by atoms with Crippen LogP contribution in [-0.2, 0) is 0 Å². The highest BCUT2D eigenvalue weighted by molar-refractivity contribution is 4.75. The van der Waals surface area contributed by atoms with E-state index in [0.717, 1.165) is 6.04 Å². The Hall–Kier alpha value is -0.120. The number of hydrogen-bond donors (Lipinski definition) is 1. The van der Waals surface area contributed by atoms with E-state index in [4.69, 9.17) is 0 Å². The van der Waals surface area contributed by atoms with Crippen LogP contribution in [0.3, 0.4) is 0 Å². The molecule has 2 heterocycles. The standard InChI is InChI=1S/C15H31N3/c1-14(17-11-5-3-6-12-17)8-9-15(2)18-13-7-4-10-16-18/h14-16H,3-13H2,1-2H3. The van der Waals surface area contributed by atoms with Crippen LogP contribution in [0.25, 0.3) is 0 Å². The molecule has 2 fully saturated rings. The Labute approximate surface area is 113 Å². The summed E-state index contributed by atoms with van der Waals surface area (Å²) in [6, 6.07) is 1.47. The molecule has 2 aliphatic heterocycles. The summed E-state index contributed by atoms with van der Waals surface area (Å²) < 4.78 is 0. The van der Waals surface area contributed by atoms with E-state index >= 15 is 0 Å². The predicted octanol–water partition coefficient (Wildman–Crippen LogP) is 2.63. The van der Waals surface area contributed by atoms with Crippen molar-refractivity contribution in [3.63, 3.8) is 0 Å². The van der Waals surface area contributed by atoms with Crippen molar-refractivity contribution in [2.75, 3.05) is 26.2 Å². The van der Waals surface area contributed by atoms with E-state index in [9.17, 15) is 0 Å². The van der Waals surface area contributed by atoms with Crippen LogP contribution in [0.15, 0.2) is 0 Å². The Morgan fingerprint density at radius 3 is 2.17 bits per heavy atom. The van der Waals surface area contributed by atoms with E-state index in [1.165, 1.54) is 71.1 Å². The molecular weight excluding hydrogens is 222 g/mol. The van der Waals surface area contributed by atoms with Crippen molar-refractivity contribution in [1.82, 2.24) is 15.3 Å². The summed E-state index contributed by atoms with van der Waals surface area (Å²) >= 11 is 0. The van der Waals surface area contributed by atoms with Crippen LogP contribution in [0.2, 0.25) is 0 Å². The van der Waals surface area contributed by atoms with Gasteiger partial charge in [-0.3, -0.25) is 5.43 Å². The van der Waals surface area contributed by atoms with Crippen LogP contribution in [0.1, 0.15) is 58.8 Å². The Bertz CT molecular complexity index is 196. The van der Waals surface area contributed by atoms with Crippen molar-refractivity contribution in [2.45, 2.75) is 70.9 Å². The number of likely N-dealkylation sites (tertiary alicyclic amines) is 1. The molecule has 3 heteroatoms. The maximum atomic E-state index is 3.54. The lowest BCUT2D eigenvalue weighted by Crippen LogP contribution is -2.48. The second kappa shape index (κ2) is 7.46. The molecule has 0 aromatic rings. The number of nitrogens with one attached hydrogen (secondary N) is 1. The maximum absolute atomic E-state index is 3.54. The molecule has 106 valence electrons. The lowest BCUT2D eigenvalue weighted by Gasteiger charge is -2.36. The molecule has 2 atom stereocenters. The molecule has 2 aliphatic rings. The summed E-state index contributed by atoms with van der Waals surface area (Å²) in [6.07, 6.45) is 9.63. The lowest BCUT2D eigenvalue weighted by molar-refractivity contribution is 0.0882. The molecule has 18 heavy (non-hydrogen) atoms. The molecule has 0 radical (unpaired) electrons. The van der Waals surface area contributed by atoms with Gasteiger partial charge in [0.15, 0.2) is 0 Å². The average molecular weight is 253 g/mol.